The molecule has 0 fully saturated rings. The van der Waals surface area contributed by atoms with Crippen molar-refractivity contribution in [3.8, 4) is 11.5 Å². The number of rotatable bonds is 2. The van der Waals surface area contributed by atoms with E-state index in [2.05, 4.69) is 9.97 Å². The zero-order chi connectivity index (χ0) is 12.5. The zero-order valence-electron chi connectivity index (χ0n) is 9.47. The Kier molecular flexibility index (Phi) is 2.40. The summed E-state index contributed by atoms with van der Waals surface area (Å²) in [7, 11) is 0. The number of nitrogens with two attached hydrogens (primary N) is 1. The van der Waals surface area contributed by atoms with E-state index >= 15 is 0 Å². The lowest BCUT2D eigenvalue weighted by Gasteiger charge is -2.05. The molecule has 0 saturated carbocycles. The predicted octanol–water partition coefficient (Wildman–Crippen LogP) is 0.672. The average Bonchev–Trinajstić information content (AvgIpc) is 2.80. The molecule has 3 N–H and O–H groups in total. The molecular weight excluding hydrogens is 234 g/mol. The Morgan fingerprint density at radius 1 is 1.33 bits per heavy atom. The first-order valence-electron chi connectivity index (χ1n) is 5.44. The molecule has 0 saturated heterocycles. The molecule has 2 aromatic rings. The van der Waals surface area contributed by atoms with Crippen LogP contribution < -0.4 is 20.9 Å². The van der Waals surface area contributed by atoms with Crippen LogP contribution in [0.15, 0.2) is 29.2 Å². The Labute approximate surface area is 102 Å². The van der Waals surface area contributed by atoms with Crippen LogP contribution in [0.1, 0.15) is 11.1 Å². The van der Waals surface area contributed by atoms with E-state index in [9.17, 15) is 4.79 Å². The second kappa shape index (κ2) is 4.06. The minimum absolute atomic E-state index is 0.251. The molecule has 18 heavy (non-hydrogen) atoms. The van der Waals surface area contributed by atoms with Crippen LogP contribution in [0, 0.1) is 0 Å². The van der Waals surface area contributed by atoms with Gasteiger partial charge in [-0.15, -0.1) is 0 Å². The van der Waals surface area contributed by atoms with E-state index in [-0.39, 0.29) is 6.79 Å². The highest BCUT2D eigenvalue weighted by Gasteiger charge is 2.13. The first kappa shape index (κ1) is 10.6. The van der Waals surface area contributed by atoms with Gasteiger partial charge in [0.2, 0.25) is 6.79 Å². The molecule has 0 bridgehead atoms. The Morgan fingerprint density at radius 2 is 2.17 bits per heavy atom. The van der Waals surface area contributed by atoms with E-state index in [1.165, 1.54) is 6.20 Å². The summed E-state index contributed by atoms with van der Waals surface area (Å²) in [6.07, 6.45) is 2.06. The number of fused-ring (bicyclic) bond motifs is 1. The molecule has 1 aromatic carbocycles. The van der Waals surface area contributed by atoms with Crippen molar-refractivity contribution in [2.75, 3.05) is 12.5 Å². The zero-order valence-corrected chi connectivity index (χ0v) is 9.47. The minimum atomic E-state index is -0.443. The van der Waals surface area contributed by atoms with Gasteiger partial charge >= 0.3 is 5.69 Å². The van der Waals surface area contributed by atoms with Crippen molar-refractivity contribution in [3.63, 3.8) is 0 Å². The van der Waals surface area contributed by atoms with Crippen LogP contribution in [0.4, 0.5) is 5.82 Å². The van der Waals surface area contributed by atoms with Crippen LogP contribution in [-0.2, 0) is 6.42 Å². The van der Waals surface area contributed by atoms with Gasteiger partial charge in [-0.3, -0.25) is 4.98 Å². The van der Waals surface area contributed by atoms with Crippen LogP contribution in [0.5, 0.6) is 11.5 Å². The van der Waals surface area contributed by atoms with Gasteiger partial charge in [-0.1, -0.05) is 6.07 Å². The number of benzene rings is 1. The van der Waals surface area contributed by atoms with E-state index in [0.717, 1.165) is 22.6 Å². The van der Waals surface area contributed by atoms with Crippen molar-refractivity contribution in [3.05, 3.63) is 46.0 Å². The molecule has 0 amide bonds. The summed E-state index contributed by atoms with van der Waals surface area (Å²) in [5, 5.41) is 0. The number of nitrogens with one attached hydrogen (secondary N) is 1. The quantitative estimate of drug-likeness (QED) is 0.811. The van der Waals surface area contributed by atoms with Crippen molar-refractivity contribution < 1.29 is 9.47 Å². The van der Waals surface area contributed by atoms with Crippen molar-refractivity contribution in [1.82, 2.24) is 9.97 Å². The number of H-pyrrole nitrogens is 1. The Bertz CT molecular complexity index is 651. The molecule has 0 aliphatic carbocycles. The first-order valence-corrected chi connectivity index (χ1v) is 5.44. The molecule has 1 aliphatic heterocycles. The molecule has 1 aliphatic rings. The third-order valence-corrected chi connectivity index (χ3v) is 2.76. The van der Waals surface area contributed by atoms with Crippen molar-refractivity contribution in [2.45, 2.75) is 6.42 Å². The maximum atomic E-state index is 11.0. The normalized spacial score (nSPS) is 12.7. The monoisotopic (exact) mass is 245 g/mol. The summed E-state index contributed by atoms with van der Waals surface area (Å²) in [4.78, 5) is 17.1. The standard InChI is InChI=1S/C12H11N3O3/c13-11-8(5-14-12(16)15-11)3-7-1-2-9-10(4-7)18-6-17-9/h1-2,4-5H,3,6H2,(H3,13,14,15,16). The summed E-state index contributed by atoms with van der Waals surface area (Å²) >= 11 is 0. The number of aromatic amines is 1. The van der Waals surface area contributed by atoms with E-state index in [4.69, 9.17) is 15.2 Å². The largest absolute Gasteiger partial charge is 0.454 e. The van der Waals surface area contributed by atoms with Gasteiger partial charge in [-0.25, -0.2) is 9.78 Å². The Balaban J connectivity index is 1.90. The Morgan fingerprint density at radius 3 is 3.00 bits per heavy atom. The van der Waals surface area contributed by atoms with Crippen molar-refractivity contribution in [1.29, 1.82) is 0 Å². The van der Waals surface area contributed by atoms with Crippen LogP contribution in [0.3, 0.4) is 0 Å². The fraction of sp³-hybridized carbons (Fsp3) is 0.167. The van der Waals surface area contributed by atoms with Crippen LogP contribution in [-0.4, -0.2) is 16.8 Å². The topological polar surface area (TPSA) is 90.2 Å². The summed E-state index contributed by atoms with van der Waals surface area (Å²) < 4.78 is 10.5. The summed E-state index contributed by atoms with van der Waals surface area (Å²) in [5.74, 6) is 1.81. The highest BCUT2D eigenvalue weighted by molar-refractivity contribution is 5.47. The summed E-state index contributed by atoms with van der Waals surface area (Å²) in [5.41, 5.74) is 7.07. The lowest BCUT2D eigenvalue weighted by atomic mass is 10.1. The Hall–Kier alpha value is -2.50. The molecule has 92 valence electrons. The highest BCUT2D eigenvalue weighted by atomic mass is 16.7. The molecule has 6 nitrogen and oxygen atoms in total. The maximum absolute atomic E-state index is 11.0. The predicted molar refractivity (Wildman–Crippen MR) is 64.6 cm³/mol. The molecular formula is C12H11N3O3. The summed E-state index contributed by atoms with van der Waals surface area (Å²) in [6.45, 7) is 0.251. The summed E-state index contributed by atoms with van der Waals surface area (Å²) in [6, 6.07) is 5.68. The van der Waals surface area contributed by atoms with Gasteiger partial charge in [0.25, 0.3) is 0 Å². The van der Waals surface area contributed by atoms with Gasteiger partial charge in [0.1, 0.15) is 5.82 Å². The van der Waals surface area contributed by atoms with Crippen molar-refractivity contribution in [2.24, 2.45) is 0 Å². The number of hydrogen-bond donors (Lipinski definition) is 2. The van der Waals surface area contributed by atoms with Crippen LogP contribution in [0.25, 0.3) is 0 Å². The molecule has 0 spiro atoms. The molecule has 0 radical (unpaired) electrons. The van der Waals surface area contributed by atoms with E-state index in [1.54, 1.807) is 0 Å². The number of nitrogens with zero attached hydrogens (tertiary/aromatic N) is 1. The second-order valence-corrected chi connectivity index (χ2v) is 3.99. The lowest BCUT2D eigenvalue weighted by Crippen LogP contribution is -2.14. The molecule has 2 heterocycles. The fourth-order valence-corrected chi connectivity index (χ4v) is 1.85. The van der Waals surface area contributed by atoms with Gasteiger partial charge in [0.15, 0.2) is 11.5 Å². The molecule has 3 rings (SSSR count). The smallest absolute Gasteiger partial charge is 0.346 e. The van der Waals surface area contributed by atoms with E-state index in [1.807, 2.05) is 18.2 Å². The first-order chi connectivity index (χ1) is 8.72. The number of nitrogen functional groups attached to an aromatic ring is 1. The van der Waals surface area contributed by atoms with Gasteiger partial charge in [-0.05, 0) is 17.7 Å². The lowest BCUT2D eigenvalue weighted by molar-refractivity contribution is 0.174. The number of anilines is 1. The number of aromatic nitrogens is 2. The SMILES string of the molecule is Nc1[nH]c(=O)ncc1Cc1ccc2c(c1)OCO2. The average molecular weight is 245 g/mol. The van der Waals surface area contributed by atoms with E-state index in [0.29, 0.717) is 12.2 Å². The van der Waals surface area contributed by atoms with Crippen LogP contribution >= 0.6 is 0 Å². The second-order valence-electron chi connectivity index (χ2n) is 3.99. The van der Waals surface area contributed by atoms with Gasteiger partial charge in [0, 0.05) is 18.2 Å². The van der Waals surface area contributed by atoms with Gasteiger partial charge in [-0.2, -0.15) is 0 Å². The molecule has 0 atom stereocenters. The third kappa shape index (κ3) is 1.88. The maximum Gasteiger partial charge on any atom is 0.346 e. The number of ether oxygens (including phenoxy) is 2. The number of hydrogen-bond acceptors (Lipinski definition) is 5. The van der Waals surface area contributed by atoms with E-state index < -0.39 is 5.69 Å². The molecule has 6 heteroatoms. The molecule has 1 aromatic heterocycles. The third-order valence-electron chi connectivity index (χ3n) is 2.76. The van der Waals surface area contributed by atoms with Gasteiger partial charge in [0.05, 0.1) is 0 Å². The minimum Gasteiger partial charge on any atom is -0.454 e. The van der Waals surface area contributed by atoms with Crippen LogP contribution in [0.2, 0.25) is 0 Å². The molecule has 0 unspecified atom stereocenters. The fourth-order valence-electron chi connectivity index (χ4n) is 1.85. The van der Waals surface area contributed by atoms with Gasteiger partial charge < -0.3 is 15.2 Å². The van der Waals surface area contributed by atoms with Crippen molar-refractivity contribution >= 4 is 5.82 Å². The highest BCUT2D eigenvalue weighted by Crippen LogP contribution is 2.33.